The summed E-state index contributed by atoms with van der Waals surface area (Å²) in [6, 6.07) is 0. The molecular formula is C18H24O2. The third-order valence-corrected chi connectivity index (χ3v) is 6.68. The number of carbonyl (C=O) groups is 1. The molecular weight excluding hydrogens is 248 g/mol. The van der Waals surface area contributed by atoms with Crippen molar-refractivity contribution < 1.29 is 9.90 Å². The van der Waals surface area contributed by atoms with Gasteiger partial charge in [-0.1, -0.05) is 12.5 Å². The van der Waals surface area contributed by atoms with E-state index in [1.54, 1.807) is 5.57 Å². The molecule has 1 unspecified atom stereocenters. The highest BCUT2D eigenvalue weighted by atomic mass is 16.3. The molecule has 2 heteroatoms. The summed E-state index contributed by atoms with van der Waals surface area (Å²) >= 11 is 0. The minimum absolute atomic E-state index is 0.0936. The van der Waals surface area contributed by atoms with E-state index in [0.717, 1.165) is 32.1 Å². The van der Waals surface area contributed by atoms with Crippen LogP contribution >= 0.6 is 0 Å². The molecule has 0 aromatic heterocycles. The molecule has 0 heterocycles. The van der Waals surface area contributed by atoms with E-state index in [9.17, 15) is 9.90 Å². The molecule has 2 saturated carbocycles. The van der Waals surface area contributed by atoms with Crippen LogP contribution < -0.4 is 0 Å². The van der Waals surface area contributed by atoms with E-state index >= 15 is 0 Å². The first kappa shape index (κ1) is 12.8. The van der Waals surface area contributed by atoms with Gasteiger partial charge in [-0.3, -0.25) is 4.79 Å². The molecule has 4 atom stereocenters. The highest BCUT2D eigenvalue weighted by Crippen LogP contribution is 2.59. The zero-order valence-electron chi connectivity index (χ0n) is 12.3. The number of hydrogen-bond acceptors (Lipinski definition) is 2. The first-order valence-corrected chi connectivity index (χ1v) is 8.23. The molecule has 0 aromatic rings. The second-order valence-electron chi connectivity index (χ2n) is 7.49. The summed E-state index contributed by atoms with van der Waals surface area (Å²) in [4.78, 5) is 11.6. The minimum atomic E-state index is -0.0936. The van der Waals surface area contributed by atoms with Crippen molar-refractivity contribution in [1.82, 2.24) is 0 Å². The van der Waals surface area contributed by atoms with Gasteiger partial charge in [-0.05, 0) is 79.4 Å². The Hall–Kier alpha value is -0.890. The van der Waals surface area contributed by atoms with E-state index in [1.165, 1.54) is 24.0 Å². The number of fused-ring (bicyclic) bond motifs is 4. The van der Waals surface area contributed by atoms with Gasteiger partial charge in [0.2, 0.25) is 0 Å². The first-order chi connectivity index (χ1) is 9.59. The van der Waals surface area contributed by atoms with Gasteiger partial charge in [0.15, 0.2) is 5.78 Å². The maximum Gasteiger partial charge on any atom is 0.156 e. The number of carbonyl (C=O) groups excluding carboxylic acids is 1. The summed E-state index contributed by atoms with van der Waals surface area (Å²) in [7, 11) is 0. The minimum Gasteiger partial charge on any atom is -0.393 e. The third kappa shape index (κ3) is 1.64. The van der Waals surface area contributed by atoms with E-state index in [1.807, 2.05) is 6.08 Å². The Morgan fingerprint density at radius 2 is 2.00 bits per heavy atom. The highest BCUT2D eigenvalue weighted by molar-refractivity contribution is 5.93. The van der Waals surface area contributed by atoms with E-state index in [2.05, 4.69) is 6.92 Å². The van der Waals surface area contributed by atoms with Crippen LogP contribution in [0.25, 0.3) is 0 Å². The van der Waals surface area contributed by atoms with Crippen LogP contribution in [-0.4, -0.2) is 17.0 Å². The average molecular weight is 272 g/mol. The van der Waals surface area contributed by atoms with Gasteiger partial charge in [-0.15, -0.1) is 0 Å². The lowest BCUT2D eigenvalue weighted by atomic mass is 9.57. The molecule has 0 bridgehead atoms. The van der Waals surface area contributed by atoms with Crippen LogP contribution in [0.1, 0.15) is 58.3 Å². The van der Waals surface area contributed by atoms with E-state index in [0.29, 0.717) is 24.0 Å². The van der Waals surface area contributed by atoms with Gasteiger partial charge in [-0.25, -0.2) is 0 Å². The maximum absolute atomic E-state index is 11.6. The lowest BCUT2D eigenvalue weighted by molar-refractivity contribution is -0.114. The van der Waals surface area contributed by atoms with Gasteiger partial charge in [0.25, 0.3) is 0 Å². The van der Waals surface area contributed by atoms with Crippen molar-refractivity contribution in [2.24, 2.45) is 17.3 Å². The molecule has 4 aliphatic carbocycles. The first-order valence-electron chi connectivity index (χ1n) is 8.23. The van der Waals surface area contributed by atoms with Crippen LogP contribution in [0.3, 0.4) is 0 Å². The van der Waals surface area contributed by atoms with Gasteiger partial charge < -0.3 is 5.11 Å². The topological polar surface area (TPSA) is 37.3 Å². The van der Waals surface area contributed by atoms with Crippen molar-refractivity contribution >= 4 is 5.78 Å². The van der Waals surface area contributed by atoms with Crippen LogP contribution in [0, 0.1) is 17.3 Å². The SMILES string of the molecule is C[C@@]12CCC3=C4CCC(=O)C=C4CC[C@H]3[C@@H]1CCC2O. The summed E-state index contributed by atoms with van der Waals surface area (Å²) in [5.41, 5.74) is 4.69. The van der Waals surface area contributed by atoms with Crippen LogP contribution in [0.2, 0.25) is 0 Å². The second kappa shape index (κ2) is 4.30. The molecule has 2 fully saturated rings. The van der Waals surface area contributed by atoms with E-state index < -0.39 is 0 Å². The fraction of sp³-hybridized carbons (Fsp3) is 0.722. The average Bonchev–Trinajstić information content (AvgIpc) is 2.74. The quantitative estimate of drug-likeness (QED) is 0.732. The predicted molar refractivity (Wildman–Crippen MR) is 78.1 cm³/mol. The predicted octanol–water partition coefficient (Wildman–Crippen LogP) is 3.55. The number of hydrogen-bond donors (Lipinski definition) is 1. The Kier molecular flexibility index (Phi) is 2.76. The number of allylic oxidation sites excluding steroid dienone is 4. The summed E-state index contributed by atoms with van der Waals surface area (Å²) in [6.45, 7) is 2.31. The molecule has 0 aliphatic heterocycles. The summed E-state index contributed by atoms with van der Waals surface area (Å²) < 4.78 is 0. The smallest absolute Gasteiger partial charge is 0.156 e. The normalized spacial score (nSPS) is 43.8. The number of rotatable bonds is 0. The molecule has 4 rings (SSSR count). The molecule has 0 spiro atoms. The number of aliphatic hydroxyl groups is 1. The molecule has 0 saturated heterocycles. The van der Waals surface area contributed by atoms with Crippen LogP contribution in [0.15, 0.2) is 22.8 Å². The van der Waals surface area contributed by atoms with E-state index in [4.69, 9.17) is 0 Å². The fourth-order valence-corrected chi connectivity index (χ4v) is 5.50. The Morgan fingerprint density at radius 3 is 2.85 bits per heavy atom. The zero-order valence-corrected chi connectivity index (χ0v) is 12.3. The van der Waals surface area contributed by atoms with Crippen LogP contribution in [0.4, 0.5) is 0 Å². The van der Waals surface area contributed by atoms with Crippen molar-refractivity contribution in [3.8, 4) is 0 Å². The Labute approximate surface area is 120 Å². The molecule has 1 N–H and O–H groups in total. The standard InChI is InChI=1S/C18H24O2/c1-18-9-8-14-13-5-3-12(19)10-11(13)2-4-15(14)16(18)6-7-17(18)20/h10,15-17,20H,2-9H2,1H3/t15-,16+,17?,18-/m1/s1. The van der Waals surface area contributed by atoms with Crippen LogP contribution in [0.5, 0.6) is 0 Å². The number of aliphatic hydroxyl groups excluding tert-OH is 1. The van der Waals surface area contributed by atoms with Crippen molar-refractivity contribution in [2.75, 3.05) is 0 Å². The molecule has 0 amide bonds. The molecule has 108 valence electrons. The fourth-order valence-electron chi connectivity index (χ4n) is 5.50. The van der Waals surface area contributed by atoms with Crippen molar-refractivity contribution in [3.63, 3.8) is 0 Å². The van der Waals surface area contributed by atoms with Crippen molar-refractivity contribution in [1.29, 1.82) is 0 Å². The lowest BCUT2D eigenvalue weighted by Gasteiger charge is -2.48. The monoisotopic (exact) mass is 272 g/mol. The van der Waals surface area contributed by atoms with Gasteiger partial charge in [0.05, 0.1) is 6.10 Å². The Balaban J connectivity index is 1.74. The molecule has 2 nitrogen and oxygen atoms in total. The molecule has 20 heavy (non-hydrogen) atoms. The summed E-state index contributed by atoms with van der Waals surface area (Å²) in [6.07, 6.45) is 10.2. The van der Waals surface area contributed by atoms with Crippen molar-refractivity contribution in [3.05, 3.63) is 22.8 Å². The molecule has 0 aromatic carbocycles. The van der Waals surface area contributed by atoms with Gasteiger partial charge in [-0.2, -0.15) is 0 Å². The Bertz CT molecular complexity index is 528. The molecule has 4 aliphatic rings. The summed E-state index contributed by atoms with van der Waals surface area (Å²) in [5, 5.41) is 10.4. The van der Waals surface area contributed by atoms with Gasteiger partial charge in [0.1, 0.15) is 0 Å². The lowest BCUT2D eigenvalue weighted by Crippen LogP contribution is -2.42. The maximum atomic E-state index is 11.6. The Morgan fingerprint density at radius 1 is 1.15 bits per heavy atom. The van der Waals surface area contributed by atoms with Gasteiger partial charge >= 0.3 is 0 Å². The largest absolute Gasteiger partial charge is 0.393 e. The molecule has 0 radical (unpaired) electrons. The van der Waals surface area contributed by atoms with Crippen LogP contribution in [-0.2, 0) is 4.79 Å². The summed E-state index contributed by atoms with van der Waals surface area (Å²) in [5.74, 6) is 1.68. The third-order valence-electron chi connectivity index (χ3n) is 6.68. The zero-order chi connectivity index (χ0) is 13.9. The van der Waals surface area contributed by atoms with Gasteiger partial charge in [0, 0.05) is 6.42 Å². The second-order valence-corrected chi connectivity index (χ2v) is 7.49. The van der Waals surface area contributed by atoms with E-state index in [-0.39, 0.29) is 11.5 Å². The highest BCUT2D eigenvalue weighted by Gasteiger charge is 2.53. The van der Waals surface area contributed by atoms with Crippen molar-refractivity contribution in [2.45, 2.75) is 64.4 Å². The number of ketones is 1.